The van der Waals surface area contributed by atoms with Crippen molar-refractivity contribution in [2.24, 2.45) is 7.05 Å². The third-order valence-electron chi connectivity index (χ3n) is 6.18. The maximum absolute atomic E-state index is 14.7. The molecule has 1 amide bonds. The predicted molar refractivity (Wildman–Crippen MR) is 148 cm³/mol. The van der Waals surface area contributed by atoms with Gasteiger partial charge in [0.2, 0.25) is 0 Å². The largest absolute Gasteiger partial charge is 0.456 e. The number of anilines is 3. The zero-order chi connectivity index (χ0) is 27.6. The monoisotopic (exact) mass is 541 g/mol. The highest BCUT2D eigenvalue weighted by atomic mass is 32.2. The summed E-state index contributed by atoms with van der Waals surface area (Å²) in [6.45, 7) is 7.77. The van der Waals surface area contributed by atoms with Crippen LogP contribution in [0.3, 0.4) is 0 Å². The Morgan fingerprint density at radius 1 is 1.16 bits per heavy atom. The summed E-state index contributed by atoms with van der Waals surface area (Å²) in [7, 11) is 1.52. The van der Waals surface area contributed by atoms with Crippen molar-refractivity contribution in [2.75, 3.05) is 10.0 Å². The van der Waals surface area contributed by atoms with Crippen molar-refractivity contribution in [2.45, 2.75) is 53.1 Å². The van der Waals surface area contributed by atoms with E-state index >= 15 is 0 Å². The molecule has 2 aromatic carbocycles. The topological polar surface area (TPSA) is 113 Å². The Balaban J connectivity index is 0.00000164. The fraction of sp³-hybridized carbons (Fsp3) is 0.333. The van der Waals surface area contributed by atoms with Crippen molar-refractivity contribution in [3.05, 3.63) is 74.8 Å². The molecule has 1 aromatic heterocycles. The molecule has 1 unspecified atom stereocenters. The molecular formula is C27H32FN5O4S. The predicted octanol–water partition coefficient (Wildman–Crippen LogP) is 4.69. The van der Waals surface area contributed by atoms with Crippen LogP contribution >= 0.6 is 0 Å². The molecule has 5 rings (SSSR count). The Morgan fingerprint density at radius 3 is 2.58 bits per heavy atom. The van der Waals surface area contributed by atoms with Crippen molar-refractivity contribution < 1.29 is 18.1 Å². The number of ether oxygens (including phenoxy) is 1. The molecule has 1 aliphatic heterocycles. The van der Waals surface area contributed by atoms with Crippen LogP contribution in [0.25, 0.3) is 0 Å². The number of nitrogens with zero attached hydrogens (tertiary/aromatic N) is 1. The lowest BCUT2D eigenvalue weighted by Gasteiger charge is -2.22. The lowest BCUT2D eigenvalue weighted by Crippen LogP contribution is -2.32. The summed E-state index contributed by atoms with van der Waals surface area (Å²) in [5.74, 6) is -0.405. The van der Waals surface area contributed by atoms with E-state index in [-0.39, 0.29) is 34.4 Å². The highest BCUT2D eigenvalue weighted by molar-refractivity contribution is 7.84. The summed E-state index contributed by atoms with van der Waals surface area (Å²) in [4.78, 5) is 26.6. The second-order valence-electron chi connectivity index (χ2n) is 9.01. The number of amides is 1. The quantitative estimate of drug-likeness (QED) is 0.362. The molecule has 202 valence electrons. The average Bonchev–Trinajstić information content (AvgIpc) is 3.71. The van der Waals surface area contributed by atoms with Crippen molar-refractivity contribution in [3.63, 3.8) is 0 Å². The van der Waals surface area contributed by atoms with Gasteiger partial charge in [-0.2, -0.15) is 0 Å². The summed E-state index contributed by atoms with van der Waals surface area (Å²) in [5.41, 5.74) is 2.30. The van der Waals surface area contributed by atoms with E-state index < -0.39 is 28.5 Å². The Bertz CT molecular complexity index is 1470. The van der Waals surface area contributed by atoms with Crippen LogP contribution in [0.2, 0.25) is 0 Å². The van der Waals surface area contributed by atoms with Gasteiger partial charge < -0.3 is 15.4 Å². The molecule has 0 radical (unpaired) electrons. The van der Waals surface area contributed by atoms with E-state index in [2.05, 4.69) is 20.1 Å². The van der Waals surface area contributed by atoms with Gasteiger partial charge in [0.05, 0.1) is 16.9 Å². The SMILES string of the molecule is CC.Cc1ccc(Nc2c(C(=O)NC3CC3)c(Oc3ccc4c(c3)NS(=O)NC4)c(C)c(=O)n2C)c(F)c1. The Kier molecular flexibility index (Phi) is 8.17. The minimum Gasteiger partial charge on any atom is -0.456 e. The van der Waals surface area contributed by atoms with Crippen LogP contribution in [0.15, 0.2) is 41.2 Å². The molecule has 1 saturated carbocycles. The summed E-state index contributed by atoms with van der Waals surface area (Å²) in [6, 6.07) is 9.89. The Hall–Kier alpha value is -3.70. The standard InChI is InChI=1S/C25H26FN5O4S.C2H6/c1-13-4-9-19(18(26)10-13)29-23-21(24(32)28-16-6-7-16)22(14(2)25(33)31(23)3)35-17-8-5-15-12-27-36(34)30-20(15)11-17;1-2/h4-5,8-11,16,27,29-30H,6-7,12H2,1-3H3,(H,28,32);1-2H3. The van der Waals surface area contributed by atoms with Crippen LogP contribution in [0.4, 0.5) is 21.6 Å². The zero-order valence-electron chi connectivity index (χ0n) is 22.0. The highest BCUT2D eigenvalue weighted by Crippen LogP contribution is 2.36. The zero-order valence-corrected chi connectivity index (χ0v) is 22.8. The van der Waals surface area contributed by atoms with E-state index in [1.54, 1.807) is 38.1 Å². The first-order valence-electron chi connectivity index (χ1n) is 12.5. The van der Waals surface area contributed by atoms with Crippen LogP contribution in [0.5, 0.6) is 11.5 Å². The average molecular weight is 542 g/mol. The molecule has 1 aliphatic carbocycles. The van der Waals surface area contributed by atoms with Crippen molar-refractivity contribution in [3.8, 4) is 11.5 Å². The molecular weight excluding hydrogens is 509 g/mol. The molecule has 0 spiro atoms. The number of hydrogen-bond donors (Lipinski definition) is 4. The van der Waals surface area contributed by atoms with Gasteiger partial charge in [-0.3, -0.25) is 18.9 Å². The van der Waals surface area contributed by atoms with E-state index in [1.807, 2.05) is 19.9 Å². The number of carbonyl (C=O) groups is 1. The van der Waals surface area contributed by atoms with Gasteiger partial charge in [0.25, 0.3) is 11.5 Å². The number of fused-ring (bicyclic) bond motifs is 1. The first kappa shape index (κ1) is 27.3. The van der Waals surface area contributed by atoms with E-state index in [0.29, 0.717) is 18.0 Å². The van der Waals surface area contributed by atoms with E-state index in [9.17, 15) is 18.2 Å². The fourth-order valence-electron chi connectivity index (χ4n) is 4.00. The summed E-state index contributed by atoms with van der Waals surface area (Å²) < 4.78 is 39.7. The number of aryl methyl sites for hydroxylation is 1. The van der Waals surface area contributed by atoms with Crippen molar-refractivity contribution >= 4 is 34.3 Å². The molecule has 2 heterocycles. The molecule has 4 N–H and O–H groups in total. The highest BCUT2D eigenvalue weighted by Gasteiger charge is 2.31. The van der Waals surface area contributed by atoms with Crippen LogP contribution in [0.1, 0.15) is 53.7 Å². The van der Waals surface area contributed by atoms with Gasteiger partial charge in [-0.15, -0.1) is 0 Å². The molecule has 0 bridgehead atoms. The first-order chi connectivity index (χ1) is 18.2. The minimum atomic E-state index is -1.43. The Morgan fingerprint density at radius 2 is 1.89 bits per heavy atom. The van der Waals surface area contributed by atoms with Crippen molar-refractivity contribution in [1.29, 1.82) is 0 Å². The number of pyridine rings is 1. The number of carbonyl (C=O) groups excluding carboxylic acids is 1. The van der Waals surface area contributed by atoms with E-state index in [1.165, 1.54) is 17.7 Å². The number of nitrogens with one attached hydrogen (secondary N) is 4. The fourth-order valence-corrected chi connectivity index (χ4v) is 4.75. The maximum Gasteiger partial charge on any atom is 0.259 e. The molecule has 11 heteroatoms. The van der Waals surface area contributed by atoms with E-state index in [4.69, 9.17) is 4.74 Å². The molecule has 38 heavy (non-hydrogen) atoms. The van der Waals surface area contributed by atoms with Gasteiger partial charge >= 0.3 is 0 Å². The molecule has 2 aliphatic rings. The summed E-state index contributed by atoms with van der Waals surface area (Å²) >= 11 is -1.43. The lowest BCUT2D eigenvalue weighted by atomic mass is 10.1. The van der Waals surface area contributed by atoms with Crippen LogP contribution < -0.4 is 30.4 Å². The van der Waals surface area contributed by atoms with Gasteiger partial charge in [-0.1, -0.05) is 26.0 Å². The van der Waals surface area contributed by atoms with E-state index in [0.717, 1.165) is 24.0 Å². The lowest BCUT2D eigenvalue weighted by molar-refractivity contribution is 0.0948. The summed E-state index contributed by atoms with van der Waals surface area (Å²) in [6.07, 6.45) is 1.73. The van der Waals surface area contributed by atoms with Gasteiger partial charge in [-0.25, -0.2) is 13.3 Å². The first-order valence-corrected chi connectivity index (χ1v) is 13.7. The van der Waals surface area contributed by atoms with Crippen LogP contribution in [-0.2, 0) is 24.8 Å². The molecule has 9 nitrogen and oxygen atoms in total. The van der Waals surface area contributed by atoms with Gasteiger partial charge in [0.1, 0.15) is 22.9 Å². The number of halogens is 1. The van der Waals surface area contributed by atoms with Gasteiger partial charge in [-0.05, 0) is 56.0 Å². The van der Waals surface area contributed by atoms with Gasteiger partial charge in [0.15, 0.2) is 16.9 Å². The molecule has 0 saturated heterocycles. The number of rotatable bonds is 6. The molecule has 1 fully saturated rings. The number of aromatic nitrogens is 1. The number of hydrogen-bond acceptors (Lipinski definition) is 5. The van der Waals surface area contributed by atoms with Crippen LogP contribution in [-0.4, -0.2) is 20.7 Å². The van der Waals surface area contributed by atoms with Crippen molar-refractivity contribution in [1.82, 2.24) is 14.6 Å². The molecule has 3 aromatic rings. The smallest absolute Gasteiger partial charge is 0.259 e. The normalized spacial score (nSPS) is 15.9. The third-order valence-corrected chi connectivity index (χ3v) is 6.99. The van der Waals surface area contributed by atoms with Crippen LogP contribution in [0, 0.1) is 19.7 Å². The molecule has 1 atom stereocenters. The maximum atomic E-state index is 14.7. The minimum absolute atomic E-state index is 0.0438. The summed E-state index contributed by atoms with van der Waals surface area (Å²) in [5, 5.41) is 5.89. The van der Waals surface area contributed by atoms with Gasteiger partial charge in [0, 0.05) is 25.7 Å². The second-order valence-corrected chi connectivity index (χ2v) is 10.0. The second kappa shape index (κ2) is 11.4. The third kappa shape index (κ3) is 5.73. The number of benzene rings is 2. The Labute approximate surface area is 223 Å².